The Kier molecular flexibility index (Phi) is 3.60. The zero-order valence-electron chi connectivity index (χ0n) is 11.1. The Morgan fingerprint density at radius 1 is 0.800 bits per heavy atom. The lowest BCUT2D eigenvalue weighted by molar-refractivity contribution is 0.756. The number of hydrogen-bond donors (Lipinski definition) is 0. The lowest BCUT2D eigenvalue weighted by atomic mass is 10.1. The summed E-state index contributed by atoms with van der Waals surface area (Å²) in [6.07, 6.45) is 2.25. The van der Waals surface area contributed by atoms with Crippen molar-refractivity contribution in [3.05, 3.63) is 90.0 Å². The normalized spacial score (nSPS) is 11.8. The molecule has 0 N–H and O–H groups in total. The highest BCUT2D eigenvalue weighted by atomic mass is 19.1. The van der Waals surface area contributed by atoms with E-state index in [-0.39, 0.29) is 5.83 Å². The summed E-state index contributed by atoms with van der Waals surface area (Å²) in [5.74, 6) is -0.167. The van der Waals surface area contributed by atoms with Crippen LogP contribution in [0.3, 0.4) is 0 Å². The topological polar surface area (TPSA) is 0 Å². The highest BCUT2D eigenvalue weighted by Gasteiger charge is 2.01. The van der Waals surface area contributed by atoms with Crippen LogP contribution in [0.15, 0.2) is 78.9 Å². The van der Waals surface area contributed by atoms with Gasteiger partial charge in [-0.1, -0.05) is 66.7 Å². The number of allylic oxidation sites excluding steroid dienone is 1. The summed E-state index contributed by atoms with van der Waals surface area (Å²) in [5.41, 5.74) is 1.75. The minimum absolute atomic E-state index is 0.167. The van der Waals surface area contributed by atoms with Crippen molar-refractivity contribution in [2.45, 2.75) is 6.42 Å². The Hall–Kier alpha value is -2.41. The summed E-state index contributed by atoms with van der Waals surface area (Å²) in [4.78, 5) is 0. The number of fused-ring (bicyclic) bond motifs is 1. The van der Waals surface area contributed by atoms with E-state index in [1.54, 1.807) is 6.08 Å². The van der Waals surface area contributed by atoms with E-state index in [2.05, 4.69) is 0 Å². The molecular weight excluding hydrogens is 247 g/mol. The van der Waals surface area contributed by atoms with E-state index in [1.165, 1.54) is 0 Å². The number of hydrogen-bond acceptors (Lipinski definition) is 0. The molecule has 0 aliphatic heterocycles. The van der Waals surface area contributed by atoms with Gasteiger partial charge in [0.2, 0.25) is 0 Å². The van der Waals surface area contributed by atoms with Crippen molar-refractivity contribution < 1.29 is 4.39 Å². The molecule has 3 aromatic carbocycles. The van der Waals surface area contributed by atoms with Gasteiger partial charge in [-0.25, -0.2) is 4.39 Å². The molecule has 3 aromatic rings. The van der Waals surface area contributed by atoms with Crippen LogP contribution in [-0.2, 0) is 6.42 Å². The Labute approximate surface area is 118 Å². The fraction of sp³-hybridized carbons (Fsp3) is 0.0526. The molecule has 0 bridgehead atoms. The summed E-state index contributed by atoms with van der Waals surface area (Å²) >= 11 is 0. The molecule has 98 valence electrons. The fourth-order valence-corrected chi connectivity index (χ4v) is 2.28. The Morgan fingerprint density at radius 3 is 2.30 bits per heavy atom. The maximum atomic E-state index is 14.2. The average molecular weight is 262 g/mol. The van der Waals surface area contributed by atoms with Crippen molar-refractivity contribution in [1.82, 2.24) is 0 Å². The molecule has 0 saturated carbocycles. The minimum Gasteiger partial charge on any atom is -0.207 e. The maximum absolute atomic E-state index is 14.2. The van der Waals surface area contributed by atoms with E-state index in [1.807, 2.05) is 72.8 Å². The van der Waals surface area contributed by atoms with Crippen molar-refractivity contribution in [2.75, 3.05) is 0 Å². The van der Waals surface area contributed by atoms with Gasteiger partial charge in [0, 0.05) is 5.56 Å². The Morgan fingerprint density at radius 2 is 1.50 bits per heavy atom. The van der Waals surface area contributed by atoms with Gasteiger partial charge < -0.3 is 0 Å². The van der Waals surface area contributed by atoms with E-state index in [0.29, 0.717) is 12.0 Å². The summed E-state index contributed by atoms with van der Waals surface area (Å²) in [5, 5.41) is 2.19. The molecule has 0 aliphatic carbocycles. The third-order valence-corrected chi connectivity index (χ3v) is 3.39. The van der Waals surface area contributed by atoms with Gasteiger partial charge in [-0.05, 0) is 34.9 Å². The predicted octanol–water partition coefficient (Wildman–Crippen LogP) is 5.39. The number of rotatable bonds is 3. The first-order valence-electron chi connectivity index (χ1n) is 6.72. The van der Waals surface area contributed by atoms with Crippen LogP contribution in [0.4, 0.5) is 4.39 Å². The molecular formula is C19H15F. The van der Waals surface area contributed by atoms with E-state index < -0.39 is 0 Å². The lowest BCUT2D eigenvalue weighted by Crippen LogP contribution is -1.83. The summed E-state index contributed by atoms with van der Waals surface area (Å²) in [6, 6.07) is 23.6. The van der Waals surface area contributed by atoms with Crippen molar-refractivity contribution in [1.29, 1.82) is 0 Å². The van der Waals surface area contributed by atoms with Crippen LogP contribution in [-0.4, -0.2) is 0 Å². The maximum Gasteiger partial charge on any atom is 0.126 e. The lowest BCUT2D eigenvalue weighted by Gasteiger charge is -2.02. The third-order valence-electron chi connectivity index (χ3n) is 3.39. The largest absolute Gasteiger partial charge is 0.207 e. The second-order valence-corrected chi connectivity index (χ2v) is 4.80. The van der Waals surface area contributed by atoms with Crippen molar-refractivity contribution in [3.8, 4) is 0 Å². The summed E-state index contributed by atoms with van der Waals surface area (Å²) < 4.78 is 14.2. The predicted molar refractivity (Wildman–Crippen MR) is 83.2 cm³/mol. The molecule has 0 unspecified atom stereocenters. The van der Waals surface area contributed by atoms with Crippen LogP contribution in [0, 0.1) is 0 Å². The van der Waals surface area contributed by atoms with Gasteiger partial charge >= 0.3 is 0 Å². The van der Waals surface area contributed by atoms with Gasteiger partial charge in [-0.3, -0.25) is 0 Å². The van der Waals surface area contributed by atoms with Crippen molar-refractivity contribution in [2.24, 2.45) is 0 Å². The van der Waals surface area contributed by atoms with Gasteiger partial charge in [-0.15, -0.1) is 0 Å². The Bertz CT molecular complexity index is 742. The number of benzene rings is 3. The second-order valence-electron chi connectivity index (χ2n) is 4.80. The fourth-order valence-electron chi connectivity index (χ4n) is 2.28. The number of halogens is 1. The quantitative estimate of drug-likeness (QED) is 0.593. The van der Waals surface area contributed by atoms with Crippen molar-refractivity contribution >= 4 is 16.6 Å². The minimum atomic E-state index is -0.167. The van der Waals surface area contributed by atoms with E-state index in [0.717, 1.165) is 16.3 Å². The molecule has 0 nitrogen and oxygen atoms in total. The molecule has 0 saturated heterocycles. The summed E-state index contributed by atoms with van der Waals surface area (Å²) in [6.45, 7) is 0. The molecule has 0 fully saturated rings. The zero-order valence-corrected chi connectivity index (χ0v) is 11.1. The first-order valence-corrected chi connectivity index (χ1v) is 6.72. The SMILES string of the molecule is F/C(=C\Cc1ccccc1)c1ccc2ccccc2c1. The molecule has 1 heteroatoms. The standard InChI is InChI=1S/C19H15F/c20-19(13-10-15-6-2-1-3-7-15)18-12-11-16-8-4-5-9-17(16)14-18/h1-9,11-14H,10H2/b19-13-. The van der Waals surface area contributed by atoms with Crippen LogP contribution in [0.25, 0.3) is 16.6 Å². The van der Waals surface area contributed by atoms with Gasteiger partial charge in [0.25, 0.3) is 0 Å². The van der Waals surface area contributed by atoms with Crippen LogP contribution in [0.1, 0.15) is 11.1 Å². The molecule has 0 radical (unpaired) electrons. The second kappa shape index (κ2) is 5.70. The molecule has 3 rings (SSSR count). The van der Waals surface area contributed by atoms with E-state index in [4.69, 9.17) is 0 Å². The van der Waals surface area contributed by atoms with E-state index in [9.17, 15) is 4.39 Å². The van der Waals surface area contributed by atoms with Gasteiger partial charge in [0.15, 0.2) is 0 Å². The van der Waals surface area contributed by atoms with Gasteiger partial charge in [-0.2, -0.15) is 0 Å². The zero-order chi connectivity index (χ0) is 13.8. The average Bonchev–Trinajstić information content (AvgIpc) is 2.53. The highest BCUT2D eigenvalue weighted by Crippen LogP contribution is 2.22. The molecule has 0 spiro atoms. The van der Waals surface area contributed by atoms with Gasteiger partial charge in [0.1, 0.15) is 5.83 Å². The molecule has 0 aliphatic rings. The van der Waals surface area contributed by atoms with Crippen LogP contribution >= 0.6 is 0 Å². The van der Waals surface area contributed by atoms with Crippen LogP contribution in [0.2, 0.25) is 0 Å². The van der Waals surface area contributed by atoms with Gasteiger partial charge in [0.05, 0.1) is 0 Å². The van der Waals surface area contributed by atoms with Crippen LogP contribution < -0.4 is 0 Å². The smallest absolute Gasteiger partial charge is 0.126 e. The van der Waals surface area contributed by atoms with Crippen LogP contribution in [0.5, 0.6) is 0 Å². The molecule has 20 heavy (non-hydrogen) atoms. The highest BCUT2D eigenvalue weighted by molar-refractivity contribution is 5.85. The van der Waals surface area contributed by atoms with E-state index >= 15 is 0 Å². The molecule has 0 amide bonds. The molecule has 0 aromatic heterocycles. The first kappa shape index (κ1) is 12.6. The van der Waals surface area contributed by atoms with Crippen molar-refractivity contribution in [3.63, 3.8) is 0 Å². The third kappa shape index (κ3) is 2.77. The molecule has 0 atom stereocenters. The Balaban J connectivity index is 1.86. The first-order chi connectivity index (χ1) is 9.83. The summed E-state index contributed by atoms with van der Waals surface area (Å²) in [7, 11) is 0. The monoisotopic (exact) mass is 262 g/mol. The molecule has 0 heterocycles.